The fourth-order valence-electron chi connectivity index (χ4n) is 2.03. The van der Waals surface area contributed by atoms with E-state index in [0.717, 1.165) is 12.8 Å². The average molecular weight is 296 g/mol. The Kier molecular flexibility index (Phi) is 8.08. The minimum Gasteiger partial charge on any atom is -0.474 e. The molecule has 21 heavy (non-hydrogen) atoms. The minimum atomic E-state index is -1.52. The van der Waals surface area contributed by atoms with Gasteiger partial charge in [-0.25, -0.2) is 0 Å². The van der Waals surface area contributed by atoms with Crippen molar-refractivity contribution in [3.05, 3.63) is 0 Å². The molecule has 5 nitrogen and oxygen atoms in total. The van der Waals surface area contributed by atoms with E-state index in [0.29, 0.717) is 12.8 Å². The molecule has 0 aromatic rings. The number of carbonyl (C=O) groups is 2. The van der Waals surface area contributed by atoms with Gasteiger partial charge in [-0.05, 0) is 40.5 Å². The van der Waals surface area contributed by atoms with E-state index in [9.17, 15) is 9.59 Å². The summed E-state index contributed by atoms with van der Waals surface area (Å²) in [7, 11) is 3.53. The van der Waals surface area contributed by atoms with Gasteiger partial charge in [-0.2, -0.15) is 0 Å². The molecule has 0 aliphatic carbocycles. The van der Waals surface area contributed by atoms with Crippen molar-refractivity contribution in [2.24, 2.45) is 10.8 Å². The van der Waals surface area contributed by atoms with E-state index in [1.807, 2.05) is 13.8 Å². The fourth-order valence-corrected chi connectivity index (χ4v) is 2.03. The van der Waals surface area contributed by atoms with Crippen molar-refractivity contribution >= 4 is 27.3 Å². The smallest absolute Gasteiger partial charge is 0.474 e. The Morgan fingerprint density at radius 2 is 1.24 bits per heavy atom. The van der Waals surface area contributed by atoms with Crippen molar-refractivity contribution < 1.29 is 23.5 Å². The van der Waals surface area contributed by atoms with Crippen LogP contribution in [0.2, 0.25) is 0 Å². The van der Waals surface area contributed by atoms with Crippen LogP contribution in [0.25, 0.3) is 0 Å². The molecule has 0 saturated heterocycles. The number of hydrogen-bond acceptors (Lipinski definition) is 5. The van der Waals surface area contributed by atoms with Gasteiger partial charge in [-0.3, -0.25) is 9.59 Å². The van der Waals surface area contributed by atoms with Crippen LogP contribution in [0.4, 0.5) is 0 Å². The third-order valence-electron chi connectivity index (χ3n) is 3.37. The summed E-state index contributed by atoms with van der Waals surface area (Å²) in [5.74, 6) is -1.03. The lowest BCUT2D eigenvalue weighted by molar-refractivity contribution is -0.153. The molecule has 0 aliphatic heterocycles. The summed E-state index contributed by atoms with van der Waals surface area (Å²) in [5, 5.41) is 0. The Labute approximate surface area is 129 Å². The molecular formula is C14H26B2O5. The summed E-state index contributed by atoms with van der Waals surface area (Å²) >= 11 is 0. The summed E-state index contributed by atoms with van der Waals surface area (Å²) in [6.45, 7) is 11.0. The SMILES string of the molecule is [B]OB(OC(=O)C(C)(C)CCC)OC(=O)C(C)(C)CCC. The van der Waals surface area contributed by atoms with E-state index in [2.05, 4.69) is 4.57 Å². The molecule has 0 saturated carbocycles. The molecule has 2 radical (unpaired) electrons. The van der Waals surface area contributed by atoms with Crippen LogP contribution in [0.5, 0.6) is 0 Å². The van der Waals surface area contributed by atoms with Crippen molar-refractivity contribution in [1.82, 2.24) is 0 Å². The summed E-state index contributed by atoms with van der Waals surface area (Å²) < 4.78 is 14.5. The summed E-state index contributed by atoms with van der Waals surface area (Å²) in [6, 6.07) is 0. The van der Waals surface area contributed by atoms with Gasteiger partial charge in [0, 0.05) is 0 Å². The largest absolute Gasteiger partial charge is 0.775 e. The average Bonchev–Trinajstić information content (AvgIpc) is 2.37. The van der Waals surface area contributed by atoms with Gasteiger partial charge in [-0.1, -0.05) is 26.7 Å². The lowest BCUT2D eigenvalue weighted by Crippen LogP contribution is -2.40. The molecule has 7 heteroatoms. The van der Waals surface area contributed by atoms with Crippen LogP contribution in [-0.2, 0) is 23.5 Å². The lowest BCUT2D eigenvalue weighted by Gasteiger charge is -2.26. The molecule has 118 valence electrons. The van der Waals surface area contributed by atoms with Gasteiger partial charge in [0.1, 0.15) is 0 Å². The molecule has 0 bridgehead atoms. The van der Waals surface area contributed by atoms with Crippen molar-refractivity contribution in [2.75, 3.05) is 0 Å². The van der Waals surface area contributed by atoms with Gasteiger partial charge in [-0.15, -0.1) is 0 Å². The molecule has 0 fully saturated rings. The zero-order chi connectivity index (χ0) is 16.7. The molecule has 0 aromatic carbocycles. The van der Waals surface area contributed by atoms with Gasteiger partial charge >= 0.3 is 7.32 Å². The molecule has 0 amide bonds. The Morgan fingerprint density at radius 3 is 1.48 bits per heavy atom. The Hall–Kier alpha value is -0.970. The van der Waals surface area contributed by atoms with Gasteiger partial charge in [0.05, 0.1) is 10.8 Å². The van der Waals surface area contributed by atoms with E-state index in [1.54, 1.807) is 27.7 Å². The van der Waals surface area contributed by atoms with Gasteiger partial charge in [0.25, 0.3) is 20.0 Å². The minimum absolute atomic E-state index is 0.513. The highest BCUT2D eigenvalue weighted by Crippen LogP contribution is 2.26. The zero-order valence-corrected chi connectivity index (χ0v) is 14.0. The first-order valence-corrected chi connectivity index (χ1v) is 7.38. The van der Waals surface area contributed by atoms with E-state index in [-0.39, 0.29) is 0 Å². The predicted molar refractivity (Wildman–Crippen MR) is 82.2 cm³/mol. The van der Waals surface area contributed by atoms with Crippen molar-refractivity contribution in [3.8, 4) is 0 Å². The van der Waals surface area contributed by atoms with Crippen LogP contribution in [-0.4, -0.2) is 27.3 Å². The highest BCUT2D eigenvalue weighted by atomic mass is 16.7. The number of carbonyl (C=O) groups excluding carboxylic acids is 2. The van der Waals surface area contributed by atoms with E-state index >= 15 is 0 Å². The summed E-state index contributed by atoms with van der Waals surface area (Å²) in [4.78, 5) is 24.1. The predicted octanol–water partition coefficient (Wildman–Crippen LogP) is 2.81. The van der Waals surface area contributed by atoms with E-state index in [1.165, 1.54) is 0 Å². The maximum absolute atomic E-state index is 12.0. The molecule has 0 unspecified atom stereocenters. The molecule has 0 heterocycles. The quantitative estimate of drug-likeness (QED) is 0.612. The highest BCUT2D eigenvalue weighted by molar-refractivity contribution is 6.46. The first-order chi connectivity index (χ1) is 9.60. The van der Waals surface area contributed by atoms with E-state index in [4.69, 9.17) is 17.4 Å². The number of hydrogen-bond donors (Lipinski definition) is 0. The third-order valence-corrected chi connectivity index (χ3v) is 3.37. The molecule has 0 atom stereocenters. The Bertz CT molecular complexity index is 323. The second kappa shape index (κ2) is 8.47. The van der Waals surface area contributed by atoms with Crippen LogP contribution in [0.15, 0.2) is 0 Å². The Morgan fingerprint density at radius 1 is 0.905 bits per heavy atom. The van der Waals surface area contributed by atoms with Crippen LogP contribution in [0, 0.1) is 10.8 Å². The van der Waals surface area contributed by atoms with Crippen LogP contribution < -0.4 is 0 Å². The van der Waals surface area contributed by atoms with Crippen molar-refractivity contribution in [3.63, 3.8) is 0 Å². The maximum atomic E-state index is 12.0. The topological polar surface area (TPSA) is 61.8 Å². The second-order valence-electron chi connectivity index (χ2n) is 6.50. The molecular weight excluding hydrogens is 270 g/mol. The summed E-state index contributed by atoms with van der Waals surface area (Å²) in [6.07, 6.45) is 2.97. The van der Waals surface area contributed by atoms with Crippen molar-refractivity contribution in [2.45, 2.75) is 67.2 Å². The normalized spacial score (nSPS) is 11.9. The molecule has 0 spiro atoms. The fraction of sp³-hybridized carbons (Fsp3) is 0.857. The molecule has 0 aliphatic rings. The molecule has 0 N–H and O–H groups in total. The summed E-state index contributed by atoms with van der Waals surface area (Å²) in [5.41, 5.74) is -1.37. The van der Waals surface area contributed by atoms with Gasteiger partial charge < -0.3 is 13.9 Å². The van der Waals surface area contributed by atoms with Crippen molar-refractivity contribution in [1.29, 1.82) is 0 Å². The third kappa shape index (κ3) is 6.55. The molecule has 0 aromatic heterocycles. The van der Waals surface area contributed by atoms with E-state index < -0.39 is 30.1 Å². The monoisotopic (exact) mass is 296 g/mol. The Balaban J connectivity index is 4.67. The maximum Gasteiger partial charge on any atom is 0.775 e. The van der Waals surface area contributed by atoms with Crippen LogP contribution in [0.3, 0.4) is 0 Å². The van der Waals surface area contributed by atoms with Crippen LogP contribution in [0.1, 0.15) is 67.2 Å². The second-order valence-corrected chi connectivity index (χ2v) is 6.50. The standard InChI is InChI=1S/C14H26B2O5/c1-7-9-13(3,4)11(17)19-16(21-15)20-12(18)14(5,6)10-8-2/h7-10H2,1-6H3. The molecule has 0 rings (SSSR count). The number of rotatable bonds is 9. The highest BCUT2D eigenvalue weighted by Gasteiger charge is 2.39. The zero-order valence-electron chi connectivity index (χ0n) is 14.0. The van der Waals surface area contributed by atoms with Gasteiger partial charge in [0.15, 0.2) is 0 Å². The van der Waals surface area contributed by atoms with Crippen LogP contribution >= 0.6 is 0 Å². The first kappa shape index (κ1) is 20.0. The lowest BCUT2D eigenvalue weighted by atomic mass is 9.87. The first-order valence-electron chi connectivity index (χ1n) is 7.38. The van der Waals surface area contributed by atoms with Gasteiger partial charge in [0.2, 0.25) is 0 Å².